The molecule has 4 nitrogen and oxygen atoms in total. The molecule has 0 bridgehead atoms. The van der Waals surface area contributed by atoms with Crippen molar-refractivity contribution in [3.05, 3.63) is 49.4 Å². The maximum atomic E-state index is 4.42. The Labute approximate surface area is 126 Å². The van der Waals surface area contributed by atoms with Gasteiger partial charge in [-0.25, -0.2) is 9.97 Å². The van der Waals surface area contributed by atoms with E-state index in [-0.39, 0.29) is 20.1 Å². The molecule has 5 heteroatoms. The predicted molar refractivity (Wildman–Crippen MR) is 71.4 cm³/mol. The van der Waals surface area contributed by atoms with Gasteiger partial charge < -0.3 is 9.80 Å². The first-order chi connectivity index (χ1) is 8.77. The van der Waals surface area contributed by atoms with E-state index in [0.29, 0.717) is 6.04 Å². The maximum Gasteiger partial charge on any atom is 0.144 e. The summed E-state index contributed by atoms with van der Waals surface area (Å²) in [5.74, 6) is 1.75. The van der Waals surface area contributed by atoms with Crippen molar-refractivity contribution in [2.75, 3.05) is 9.80 Å². The van der Waals surface area contributed by atoms with Crippen molar-refractivity contribution >= 4 is 17.3 Å². The van der Waals surface area contributed by atoms with Crippen molar-refractivity contribution < 1.29 is 20.1 Å². The summed E-state index contributed by atoms with van der Waals surface area (Å²) < 4.78 is 0. The Morgan fingerprint density at radius 2 is 1.89 bits per heavy atom. The summed E-state index contributed by atoms with van der Waals surface area (Å²) in [6.07, 6.45) is 3.44. The van der Waals surface area contributed by atoms with Crippen LogP contribution < -0.4 is 9.80 Å². The topological polar surface area (TPSA) is 32.3 Å². The summed E-state index contributed by atoms with van der Waals surface area (Å²) in [5, 5.41) is 0. The Kier molecular flexibility index (Phi) is 4.17. The first-order valence-corrected chi connectivity index (χ1v) is 5.97. The second kappa shape index (κ2) is 5.68. The molecule has 101 valence electrons. The Balaban J connectivity index is 0.00000133. The molecule has 0 amide bonds. The third kappa shape index (κ3) is 2.48. The van der Waals surface area contributed by atoms with E-state index in [9.17, 15) is 0 Å². The fourth-order valence-corrected chi connectivity index (χ4v) is 2.00. The molecule has 1 aliphatic rings. The van der Waals surface area contributed by atoms with E-state index in [2.05, 4.69) is 34.8 Å². The van der Waals surface area contributed by atoms with E-state index in [0.717, 1.165) is 17.3 Å². The van der Waals surface area contributed by atoms with E-state index in [1.54, 1.807) is 12.4 Å². The molecule has 0 spiro atoms. The maximum absolute atomic E-state index is 4.42. The zero-order valence-electron chi connectivity index (χ0n) is 10.7. The molecule has 3 rings (SSSR count). The van der Waals surface area contributed by atoms with Crippen molar-refractivity contribution in [1.82, 2.24) is 9.97 Å². The van der Waals surface area contributed by atoms with Gasteiger partial charge in [-0.3, -0.25) is 0 Å². The van der Waals surface area contributed by atoms with Crippen molar-refractivity contribution in [3.8, 4) is 0 Å². The number of aromatic nitrogens is 2. The van der Waals surface area contributed by atoms with Gasteiger partial charge in [-0.2, -0.15) is 30.3 Å². The molecule has 0 saturated heterocycles. The van der Waals surface area contributed by atoms with Gasteiger partial charge >= 0.3 is 0 Å². The van der Waals surface area contributed by atoms with Crippen LogP contribution in [0.5, 0.6) is 0 Å². The summed E-state index contributed by atoms with van der Waals surface area (Å²) in [6.45, 7) is 6.29. The number of benzene rings is 1. The second-order valence-electron chi connectivity index (χ2n) is 4.44. The van der Waals surface area contributed by atoms with Crippen LogP contribution in [0.4, 0.5) is 17.3 Å². The van der Waals surface area contributed by atoms with Gasteiger partial charge in [0.05, 0.1) is 0 Å². The zero-order chi connectivity index (χ0) is 12.5. The number of hydrogen-bond donors (Lipinski definition) is 0. The van der Waals surface area contributed by atoms with Gasteiger partial charge in [0.15, 0.2) is 0 Å². The van der Waals surface area contributed by atoms with E-state index in [4.69, 9.17) is 0 Å². The number of fused-ring (bicyclic) bond motifs is 1. The first kappa shape index (κ1) is 14.0. The smallest absolute Gasteiger partial charge is 0.144 e. The molecule has 0 aliphatic carbocycles. The fourth-order valence-electron chi connectivity index (χ4n) is 2.00. The molecule has 1 aromatic carbocycles. The van der Waals surface area contributed by atoms with Crippen LogP contribution in [0.2, 0.25) is 0 Å². The summed E-state index contributed by atoms with van der Waals surface area (Å²) >= 11 is 0. The molecule has 19 heavy (non-hydrogen) atoms. The molecule has 0 unspecified atom stereocenters. The van der Waals surface area contributed by atoms with Gasteiger partial charge in [0.1, 0.15) is 11.6 Å². The summed E-state index contributed by atoms with van der Waals surface area (Å²) in [5.41, 5.74) is 0.974. The van der Waals surface area contributed by atoms with Gasteiger partial charge in [0.25, 0.3) is 0 Å². The minimum atomic E-state index is 0. The molecular formula is C14H14IrN4-2. The van der Waals surface area contributed by atoms with Gasteiger partial charge in [0, 0.05) is 32.5 Å². The monoisotopic (exact) mass is 431 g/mol. The van der Waals surface area contributed by atoms with Gasteiger partial charge in [-0.15, -0.1) is 12.4 Å². The second-order valence-corrected chi connectivity index (χ2v) is 4.44. The molecule has 0 atom stereocenters. The van der Waals surface area contributed by atoms with Crippen molar-refractivity contribution in [1.29, 1.82) is 0 Å². The third-order valence-corrected chi connectivity index (χ3v) is 2.88. The Morgan fingerprint density at radius 3 is 2.53 bits per heavy atom. The molecule has 1 aliphatic heterocycles. The number of nitrogens with zero attached hydrogens (tertiary/aromatic N) is 4. The van der Waals surface area contributed by atoms with Crippen molar-refractivity contribution in [3.63, 3.8) is 0 Å². The van der Waals surface area contributed by atoms with E-state index in [1.165, 1.54) is 0 Å². The molecular weight excluding hydrogens is 416 g/mol. The molecule has 0 fully saturated rings. The molecule has 2 heterocycles. The quantitative estimate of drug-likeness (QED) is 0.686. The average molecular weight is 431 g/mol. The van der Waals surface area contributed by atoms with Crippen LogP contribution in [0.15, 0.2) is 36.7 Å². The van der Waals surface area contributed by atoms with Gasteiger partial charge in [-0.1, -0.05) is 0 Å². The molecule has 2 aromatic rings. The van der Waals surface area contributed by atoms with Crippen molar-refractivity contribution in [2.24, 2.45) is 0 Å². The van der Waals surface area contributed by atoms with Crippen LogP contribution >= 0.6 is 0 Å². The van der Waals surface area contributed by atoms with E-state index < -0.39 is 0 Å². The van der Waals surface area contributed by atoms with Gasteiger partial charge in [0.2, 0.25) is 0 Å². The number of hydrogen-bond acceptors (Lipinski definition) is 4. The number of anilines is 3. The SMILES string of the molecule is CC(C)N1[CH-]N(c2[c-]cccc2)c2nccnc21.[Ir]. The van der Waals surface area contributed by atoms with E-state index >= 15 is 0 Å². The molecule has 1 radical (unpaired) electrons. The van der Waals surface area contributed by atoms with Crippen LogP contribution in [-0.2, 0) is 20.1 Å². The summed E-state index contributed by atoms with van der Waals surface area (Å²) in [6, 6.07) is 11.4. The largest absolute Gasteiger partial charge is 0.483 e. The van der Waals surface area contributed by atoms with Crippen LogP contribution in [0.1, 0.15) is 13.8 Å². The molecule has 1 aromatic heterocycles. The first-order valence-electron chi connectivity index (χ1n) is 5.97. The van der Waals surface area contributed by atoms with Crippen LogP contribution in [-0.4, -0.2) is 16.0 Å². The average Bonchev–Trinajstić information content (AvgIpc) is 2.79. The van der Waals surface area contributed by atoms with Crippen LogP contribution in [0, 0.1) is 12.7 Å². The molecule has 0 saturated carbocycles. The fraction of sp³-hybridized carbons (Fsp3) is 0.214. The Hall–Kier alpha value is -1.45. The minimum absolute atomic E-state index is 0. The molecule has 0 N–H and O–H groups in total. The van der Waals surface area contributed by atoms with Gasteiger partial charge in [-0.05, 0) is 19.9 Å². The van der Waals surface area contributed by atoms with Crippen LogP contribution in [0.3, 0.4) is 0 Å². The standard InChI is InChI=1S/C14H14N4.Ir/c1-11(2)17-10-18(12-6-4-3-5-7-12)14-13(17)15-8-9-16-14;/h3-6,8-11H,1-2H3;/q-2;. The minimum Gasteiger partial charge on any atom is -0.483 e. The van der Waals surface area contributed by atoms with E-state index in [1.807, 2.05) is 35.8 Å². The third-order valence-electron chi connectivity index (χ3n) is 2.88. The normalized spacial score (nSPS) is 13.4. The Morgan fingerprint density at radius 1 is 1.16 bits per heavy atom. The Bertz CT molecular complexity index is 544. The number of rotatable bonds is 2. The predicted octanol–water partition coefficient (Wildman–Crippen LogP) is 2.76. The van der Waals surface area contributed by atoms with Crippen molar-refractivity contribution in [2.45, 2.75) is 19.9 Å². The summed E-state index contributed by atoms with van der Waals surface area (Å²) in [7, 11) is 0. The number of para-hydroxylation sites is 1. The zero-order valence-corrected chi connectivity index (χ0v) is 13.1. The van der Waals surface area contributed by atoms with Crippen LogP contribution in [0.25, 0.3) is 0 Å². The summed E-state index contributed by atoms with van der Waals surface area (Å²) in [4.78, 5) is 13.0.